The van der Waals surface area contributed by atoms with Crippen LogP contribution in [0.2, 0.25) is 0 Å². The van der Waals surface area contributed by atoms with E-state index < -0.39 is 0 Å². The second-order valence-electron chi connectivity index (χ2n) is 13.7. The first kappa shape index (κ1) is 27.2. The molecule has 1 heteroatoms. The Morgan fingerprint density at radius 2 is 0.875 bits per heavy atom. The molecule has 10 rings (SSSR count). The van der Waals surface area contributed by atoms with Crippen LogP contribution in [0.1, 0.15) is 25.0 Å². The molecule has 1 aliphatic rings. The van der Waals surface area contributed by atoms with E-state index in [0.717, 1.165) is 0 Å². The van der Waals surface area contributed by atoms with Gasteiger partial charge in [0.1, 0.15) is 0 Å². The molecule has 1 nitrogen and oxygen atoms in total. The molecule has 0 spiro atoms. The maximum Gasteiger partial charge on any atom is 0.0541 e. The third-order valence-electron chi connectivity index (χ3n) is 10.8. The molecular formula is C47H33N. The molecule has 8 aromatic carbocycles. The predicted octanol–water partition coefficient (Wildman–Crippen LogP) is 12.7. The van der Waals surface area contributed by atoms with Crippen molar-refractivity contribution in [3.63, 3.8) is 0 Å². The van der Waals surface area contributed by atoms with Crippen molar-refractivity contribution in [1.82, 2.24) is 4.57 Å². The van der Waals surface area contributed by atoms with Crippen molar-refractivity contribution in [2.24, 2.45) is 0 Å². The van der Waals surface area contributed by atoms with E-state index in [1.807, 2.05) is 0 Å². The number of nitrogens with zero attached hydrogens (tertiary/aromatic N) is 1. The Morgan fingerprint density at radius 1 is 0.375 bits per heavy atom. The van der Waals surface area contributed by atoms with Crippen molar-refractivity contribution in [2.75, 3.05) is 0 Å². The van der Waals surface area contributed by atoms with Crippen molar-refractivity contribution in [3.05, 3.63) is 175 Å². The number of fused-ring (bicyclic) bond motifs is 8. The van der Waals surface area contributed by atoms with Gasteiger partial charge in [0.25, 0.3) is 0 Å². The zero-order valence-corrected chi connectivity index (χ0v) is 27.0. The minimum Gasteiger partial charge on any atom is -0.309 e. The standard InChI is InChI=1S/C47H33N/c1-47(2)41-22-12-10-16-33(41)34-26-24-31(29-42(34)47)46-38-20-8-6-18-36(38)45(37-19-7-9-21-39(37)46)30-25-27-44-40(28-30)35-17-11-13-23-43(35)48(44)32-14-4-3-5-15-32/h3-29H,1-2H3. The molecule has 0 saturated heterocycles. The van der Waals surface area contributed by atoms with E-state index >= 15 is 0 Å². The molecule has 226 valence electrons. The first-order valence-corrected chi connectivity index (χ1v) is 16.9. The number of rotatable bonds is 3. The van der Waals surface area contributed by atoms with Crippen LogP contribution in [0.15, 0.2) is 164 Å². The molecule has 0 bridgehead atoms. The first-order valence-electron chi connectivity index (χ1n) is 16.9. The van der Waals surface area contributed by atoms with E-state index in [0.29, 0.717) is 0 Å². The molecule has 48 heavy (non-hydrogen) atoms. The molecular weight excluding hydrogens is 579 g/mol. The summed E-state index contributed by atoms with van der Waals surface area (Å²) in [5, 5.41) is 7.66. The summed E-state index contributed by atoms with van der Waals surface area (Å²) in [6.45, 7) is 4.73. The molecule has 0 unspecified atom stereocenters. The van der Waals surface area contributed by atoms with E-state index in [-0.39, 0.29) is 5.41 Å². The van der Waals surface area contributed by atoms with Crippen molar-refractivity contribution in [3.8, 4) is 39.1 Å². The van der Waals surface area contributed by atoms with Gasteiger partial charge in [0.2, 0.25) is 0 Å². The van der Waals surface area contributed by atoms with E-state index in [1.54, 1.807) is 0 Å². The fourth-order valence-corrected chi connectivity index (χ4v) is 8.59. The lowest BCUT2D eigenvalue weighted by Crippen LogP contribution is -2.14. The van der Waals surface area contributed by atoms with Gasteiger partial charge in [0.15, 0.2) is 0 Å². The number of para-hydroxylation sites is 2. The lowest BCUT2D eigenvalue weighted by atomic mass is 9.80. The van der Waals surface area contributed by atoms with E-state index in [4.69, 9.17) is 0 Å². The highest BCUT2D eigenvalue weighted by Gasteiger charge is 2.35. The summed E-state index contributed by atoms with van der Waals surface area (Å²) < 4.78 is 2.39. The van der Waals surface area contributed by atoms with Crippen LogP contribution >= 0.6 is 0 Å². The number of benzene rings is 8. The van der Waals surface area contributed by atoms with Crippen LogP contribution in [-0.4, -0.2) is 4.57 Å². The van der Waals surface area contributed by atoms with E-state index in [1.165, 1.54) is 93.5 Å². The quantitative estimate of drug-likeness (QED) is 0.175. The van der Waals surface area contributed by atoms with Gasteiger partial charge in [0, 0.05) is 21.9 Å². The van der Waals surface area contributed by atoms with Gasteiger partial charge in [-0.3, -0.25) is 0 Å². The highest BCUT2D eigenvalue weighted by atomic mass is 15.0. The van der Waals surface area contributed by atoms with Gasteiger partial charge in [0.05, 0.1) is 11.0 Å². The van der Waals surface area contributed by atoms with Crippen LogP contribution in [0.25, 0.3) is 82.4 Å². The van der Waals surface area contributed by atoms with Crippen molar-refractivity contribution >= 4 is 43.4 Å². The van der Waals surface area contributed by atoms with Crippen LogP contribution in [0.3, 0.4) is 0 Å². The number of hydrogen-bond donors (Lipinski definition) is 0. The summed E-state index contributed by atoms with van der Waals surface area (Å²) >= 11 is 0. The third-order valence-corrected chi connectivity index (χ3v) is 10.8. The van der Waals surface area contributed by atoms with Crippen molar-refractivity contribution in [1.29, 1.82) is 0 Å². The molecule has 0 radical (unpaired) electrons. The summed E-state index contributed by atoms with van der Waals surface area (Å²) in [5.74, 6) is 0. The van der Waals surface area contributed by atoms with Gasteiger partial charge in [-0.2, -0.15) is 0 Å². The molecule has 1 aromatic heterocycles. The molecule has 0 aliphatic heterocycles. The average Bonchev–Trinajstić information content (AvgIpc) is 3.59. The minimum absolute atomic E-state index is 0.0537. The topological polar surface area (TPSA) is 4.93 Å². The second-order valence-corrected chi connectivity index (χ2v) is 13.7. The Balaban J connectivity index is 1.24. The van der Waals surface area contributed by atoms with Gasteiger partial charge in [-0.05, 0) is 102 Å². The van der Waals surface area contributed by atoms with Crippen LogP contribution < -0.4 is 0 Å². The fraction of sp³-hybridized carbons (Fsp3) is 0.0638. The molecule has 0 amide bonds. The molecule has 1 heterocycles. The average molecular weight is 612 g/mol. The Morgan fingerprint density at radius 3 is 1.56 bits per heavy atom. The SMILES string of the molecule is CC1(C)c2ccccc2-c2ccc(-c3c4ccccc4c(-c4ccc5c(c4)c4ccccc4n5-c4ccccc4)c4ccccc34)cc21. The summed E-state index contributed by atoms with van der Waals surface area (Å²) in [7, 11) is 0. The van der Waals surface area contributed by atoms with Gasteiger partial charge in [-0.25, -0.2) is 0 Å². The predicted molar refractivity (Wildman–Crippen MR) is 204 cm³/mol. The molecule has 0 N–H and O–H groups in total. The Hall–Kier alpha value is -5.92. The number of aromatic nitrogens is 1. The monoisotopic (exact) mass is 611 g/mol. The van der Waals surface area contributed by atoms with Crippen LogP contribution in [0.5, 0.6) is 0 Å². The summed E-state index contributed by atoms with van der Waals surface area (Å²) in [6.07, 6.45) is 0. The Bertz CT molecular complexity index is 2690. The second kappa shape index (κ2) is 10.0. The largest absolute Gasteiger partial charge is 0.309 e. The highest BCUT2D eigenvalue weighted by Crippen LogP contribution is 2.51. The third kappa shape index (κ3) is 3.73. The van der Waals surface area contributed by atoms with Crippen molar-refractivity contribution in [2.45, 2.75) is 19.3 Å². The lowest BCUT2D eigenvalue weighted by molar-refractivity contribution is 0.660. The van der Waals surface area contributed by atoms with Crippen molar-refractivity contribution < 1.29 is 0 Å². The maximum atomic E-state index is 2.47. The fourth-order valence-electron chi connectivity index (χ4n) is 8.59. The molecule has 0 atom stereocenters. The summed E-state index contributed by atoms with van der Waals surface area (Å²) in [6, 6.07) is 60.6. The molecule has 0 saturated carbocycles. The smallest absolute Gasteiger partial charge is 0.0541 e. The normalized spacial score (nSPS) is 13.4. The molecule has 0 fully saturated rings. The van der Waals surface area contributed by atoms with E-state index in [9.17, 15) is 0 Å². The highest BCUT2D eigenvalue weighted by molar-refractivity contribution is 6.22. The van der Waals surface area contributed by atoms with Crippen LogP contribution in [0, 0.1) is 0 Å². The van der Waals surface area contributed by atoms with E-state index in [2.05, 4.69) is 182 Å². The Labute approximate surface area is 280 Å². The molecule has 9 aromatic rings. The lowest BCUT2D eigenvalue weighted by Gasteiger charge is -2.23. The van der Waals surface area contributed by atoms with Crippen LogP contribution in [-0.2, 0) is 5.41 Å². The van der Waals surface area contributed by atoms with Gasteiger partial charge in [-0.15, -0.1) is 0 Å². The zero-order valence-electron chi connectivity index (χ0n) is 27.0. The Kier molecular flexibility index (Phi) is 5.69. The van der Waals surface area contributed by atoms with Gasteiger partial charge >= 0.3 is 0 Å². The summed E-state index contributed by atoms with van der Waals surface area (Å²) in [4.78, 5) is 0. The van der Waals surface area contributed by atoms with Crippen LogP contribution in [0.4, 0.5) is 0 Å². The van der Waals surface area contributed by atoms with Gasteiger partial charge < -0.3 is 4.57 Å². The first-order chi connectivity index (χ1) is 23.6. The summed E-state index contributed by atoms with van der Waals surface area (Å²) in [5.41, 5.74) is 14.2. The molecule has 1 aliphatic carbocycles. The zero-order chi connectivity index (χ0) is 32.0. The maximum absolute atomic E-state index is 2.47. The minimum atomic E-state index is -0.0537. The van der Waals surface area contributed by atoms with Gasteiger partial charge in [-0.1, -0.05) is 141 Å². The number of hydrogen-bond acceptors (Lipinski definition) is 0.